The Bertz CT molecular complexity index is 716. The van der Waals surface area contributed by atoms with E-state index in [0.29, 0.717) is 51.3 Å². The number of hydrogen-bond donors (Lipinski definition) is 1. The smallest absolute Gasteiger partial charge is 0.253 e. The number of carbonyl (C=O) groups excluding carboxylic acids is 1. The van der Waals surface area contributed by atoms with Crippen LogP contribution in [0.4, 0.5) is 0 Å². The Morgan fingerprint density at radius 3 is 2.35 bits per heavy atom. The molecular formula is C18H26N2O5S. The highest BCUT2D eigenvalue weighted by molar-refractivity contribution is 7.89. The Hall–Kier alpha value is -1.48. The lowest BCUT2D eigenvalue weighted by molar-refractivity contribution is -0.181. The van der Waals surface area contributed by atoms with E-state index in [1.807, 2.05) is 6.92 Å². The average Bonchev–Trinajstić information content (AvgIpc) is 3.10. The van der Waals surface area contributed by atoms with Crippen LogP contribution in [0, 0.1) is 0 Å². The van der Waals surface area contributed by atoms with Crippen LogP contribution in [0.5, 0.6) is 0 Å². The van der Waals surface area contributed by atoms with Gasteiger partial charge in [-0.3, -0.25) is 4.79 Å². The number of benzene rings is 1. The van der Waals surface area contributed by atoms with Gasteiger partial charge in [0, 0.05) is 38.0 Å². The van der Waals surface area contributed by atoms with Crippen LogP contribution in [0.2, 0.25) is 0 Å². The number of nitrogens with one attached hydrogen (secondary N) is 1. The number of rotatable bonds is 6. The molecule has 8 heteroatoms. The molecule has 0 atom stereocenters. The van der Waals surface area contributed by atoms with Crippen LogP contribution in [0.1, 0.15) is 43.0 Å². The van der Waals surface area contributed by atoms with Crippen LogP contribution >= 0.6 is 0 Å². The third-order valence-electron chi connectivity index (χ3n) is 4.86. The van der Waals surface area contributed by atoms with Gasteiger partial charge in [0.2, 0.25) is 10.0 Å². The van der Waals surface area contributed by atoms with Gasteiger partial charge < -0.3 is 14.4 Å². The van der Waals surface area contributed by atoms with E-state index in [9.17, 15) is 13.2 Å². The van der Waals surface area contributed by atoms with Crippen molar-refractivity contribution in [2.45, 2.75) is 43.3 Å². The third kappa shape index (κ3) is 4.25. The molecule has 1 aromatic rings. The summed E-state index contributed by atoms with van der Waals surface area (Å²) in [7, 11) is -3.52. The number of unbranched alkanes of at least 4 members (excludes halogenated alkanes) is 1. The van der Waals surface area contributed by atoms with Gasteiger partial charge in [0.15, 0.2) is 5.79 Å². The molecule has 144 valence electrons. The van der Waals surface area contributed by atoms with Crippen molar-refractivity contribution in [2.24, 2.45) is 0 Å². The second-order valence-electron chi connectivity index (χ2n) is 6.68. The Kier molecular flexibility index (Phi) is 5.96. The first kappa shape index (κ1) is 19.3. The van der Waals surface area contributed by atoms with Crippen molar-refractivity contribution in [1.82, 2.24) is 9.62 Å². The molecule has 1 amide bonds. The lowest BCUT2D eigenvalue weighted by atomic mass is 10.0. The Balaban J connectivity index is 1.60. The normalized spacial score (nSPS) is 19.8. The second-order valence-corrected chi connectivity index (χ2v) is 8.44. The molecule has 7 nitrogen and oxygen atoms in total. The molecular weight excluding hydrogens is 356 g/mol. The molecule has 1 spiro atoms. The molecule has 1 aromatic carbocycles. The predicted molar refractivity (Wildman–Crippen MR) is 96.3 cm³/mol. The second kappa shape index (κ2) is 8.04. The van der Waals surface area contributed by atoms with Gasteiger partial charge in [-0.2, -0.15) is 0 Å². The maximum absolute atomic E-state index is 12.7. The zero-order chi connectivity index (χ0) is 18.6. The zero-order valence-corrected chi connectivity index (χ0v) is 15.9. The van der Waals surface area contributed by atoms with E-state index < -0.39 is 15.8 Å². The van der Waals surface area contributed by atoms with E-state index >= 15 is 0 Å². The zero-order valence-electron chi connectivity index (χ0n) is 15.1. The maximum Gasteiger partial charge on any atom is 0.253 e. The molecule has 1 N–H and O–H groups in total. The standard InChI is InChI=1S/C18H26N2O5S/c1-2-3-10-19-26(22,23)16-6-4-15(5-7-16)17(21)20-11-8-18(9-12-20)24-13-14-25-18/h4-7,19H,2-3,8-14H2,1H3. The highest BCUT2D eigenvalue weighted by atomic mass is 32.2. The highest BCUT2D eigenvalue weighted by Crippen LogP contribution is 2.31. The first-order valence-corrected chi connectivity index (χ1v) is 10.6. The average molecular weight is 382 g/mol. The lowest BCUT2D eigenvalue weighted by Gasteiger charge is -2.37. The number of amides is 1. The molecule has 26 heavy (non-hydrogen) atoms. The summed E-state index contributed by atoms with van der Waals surface area (Å²) in [6.45, 7) is 4.77. The Morgan fingerprint density at radius 1 is 1.15 bits per heavy atom. The molecule has 2 aliphatic rings. The minimum atomic E-state index is -3.52. The van der Waals surface area contributed by atoms with Crippen LogP contribution in [0.3, 0.4) is 0 Å². The van der Waals surface area contributed by atoms with Gasteiger partial charge in [0.05, 0.1) is 18.1 Å². The van der Waals surface area contributed by atoms with Crippen LogP contribution < -0.4 is 4.72 Å². The van der Waals surface area contributed by atoms with Gasteiger partial charge in [0.25, 0.3) is 5.91 Å². The van der Waals surface area contributed by atoms with Crippen molar-refractivity contribution < 1.29 is 22.7 Å². The largest absolute Gasteiger partial charge is 0.347 e. The summed E-state index contributed by atoms with van der Waals surface area (Å²) < 4.78 is 38.3. The van der Waals surface area contributed by atoms with Crippen molar-refractivity contribution in [3.8, 4) is 0 Å². The van der Waals surface area contributed by atoms with Crippen LogP contribution in [-0.4, -0.2) is 57.9 Å². The van der Waals surface area contributed by atoms with Crippen LogP contribution in [0.25, 0.3) is 0 Å². The first-order chi connectivity index (χ1) is 12.5. The van der Waals surface area contributed by atoms with Crippen molar-refractivity contribution >= 4 is 15.9 Å². The minimum absolute atomic E-state index is 0.0965. The summed E-state index contributed by atoms with van der Waals surface area (Å²) in [5.74, 6) is -0.612. The van der Waals surface area contributed by atoms with E-state index in [-0.39, 0.29) is 10.8 Å². The number of ether oxygens (including phenoxy) is 2. The maximum atomic E-state index is 12.7. The van der Waals surface area contributed by atoms with Gasteiger partial charge in [-0.1, -0.05) is 13.3 Å². The molecule has 0 aliphatic carbocycles. The molecule has 0 unspecified atom stereocenters. The fraction of sp³-hybridized carbons (Fsp3) is 0.611. The summed E-state index contributed by atoms with van der Waals surface area (Å²) >= 11 is 0. The topological polar surface area (TPSA) is 84.9 Å². The highest BCUT2D eigenvalue weighted by Gasteiger charge is 2.40. The van der Waals surface area contributed by atoms with E-state index in [4.69, 9.17) is 9.47 Å². The quantitative estimate of drug-likeness (QED) is 0.758. The van der Waals surface area contributed by atoms with Crippen molar-refractivity contribution in [3.05, 3.63) is 29.8 Å². The van der Waals surface area contributed by atoms with Crippen LogP contribution in [0.15, 0.2) is 29.2 Å². The van der Waals surface area contributed by atoms with E-state index in [1.165, 1.54) is 12.1 Å². The Morgan fingerprint density at radius 2 is 1.77 bits per heavy atom. The number of hydrogen-bond acceptors (Lipinski definition) is 5. The Labute approximate surface area is 154 Å². The number of likely N-dealkylation sites (tertiary alicyclic amines) is 1. The summed E-state index contributed by atoms with van der Waals surface area (Å²) in [5.41, 5.74) is 0.488. The van der Waals surface area contributed by atoms with E-state index in [1.54, 1.807) is 17.0 Å². The summed E-state index contributed by atoms with van der Waals surface area (Å²) in [6, 6.07) is 6.11. The minimum Gasteiger partial charge on any atom is -0.347 e. The summed E-state index contributed by atoms with van der Waals surface area (Å²) in [6.07, 6.45) is 3.03. The SMILES string of the molecule is CCCCNS(=O)(=O)c1ccc(C(=O)N2CCC3(CC2)OCCO3)cc1. The van der Waals surface area contributed by atoms with E-state index in [0.717, 1.165) is 12.8 Å². The summed E-state index contributed by atoms with van der Waals surface area (Å²) in [5, 5.41) is 0. The van der Waals surface area contributed by atoms with Crippen LogP contribution in [-0.2, 0) is 19.5 Å². The van der Waals surface area contributed by atoms with Crippen molar-refractivity contribution in [3.63, 3.8) is 0 Å². The number of carbonyl (C=O) groups is 1. The van der Waals surface area contributed by atoms with Gasteiger partial charge in [-0.05, 0) is 30.7 Å². The van der Waals surface area contributed by atoms with Crippen molar-refractivity contribution in [1.29, 1.82) is 0 Å². The third-order valence-corrected chi connectivity index (χ3v) is 6.34. The molecule has 0 radical (unpaired) electrons. The van der Waals surface area contributed by atoms with E-state index in [2.05, 4.69) is 4.72 Å². The molecule has 2 aliphatic heterocycles. The summed E-state index contributed by atoms with van der Waals surface area (Å²) in [4.78, 5) is 14.6. The molecule has 2 heterocycles. The van der Waals surface area contributed by atoms with Gasteiger partial charge in [0.1, 0.15) is 0 Å². The monoisotopic (exact) mass is 382 g/mol. The molecule has 0 saturated carbocycles. The predicted octanol–water partition coefficient (Wildman–Crippen LogP) is 1.74. The molecule has 2 saturated heterocycles. The number of nitrogens with zero attached hydrogens (tertiary/aromatic N) is 1. The van der Waals surface area contributed by atoms with Crippen molar-refractivity contribution in [2.75, 3.05) is 32.8 Å². The van der Waals surface area contributed by atoms with Gasteiger partial charge >= 0.3 is 0 Å². The molecule has 0 aromatic heterocycles. The number of sulfonamides is 1. The molecule has 0 bridgehead atoms. The fourth-order valence-corrected chi connectivity index (χ4v) is 4.34. The first-order valence-electron chi connectivity index (χ1n) is 9.13. The molecule has 3 rings (SSSR count). The van der Waals surface area contributed by atoms with Gasteiger partial charge in [-0.25, -0.2) is 13.1 Å². The number of piperidine rings is 1. The molecule has 2 fully saturated rings. The fourth-order valence-electron chi connectivity index (χ4n) is 3.26. The lowest BCUT2D eigenvalue weighted by Crippen LogP contribution is -2.47. The van der Waals surface area contributed by atoms with Gasteiger partial charge in [-0.15, -0.1) is 0 Å².